The second kappa shape index (κ2) is 2.79. The van der Waals surface area contributed by atoms with Crippen LogP contribution in [0, 0.1) is 5.82 Å². The zero-order valence-corrected chi connectivity index (χ0v) is 7.74. The molecule has 3 aromatic rings. The first-order valence-corrected chi connectivity index (χ1v) is 4.62. The third-order valence-corrected chi connectivity index (χ3v) is 2.58. The van der Waals surface area contributed by atoms with Crippen LogP contribution >= 0.6 is 0 Å². The number of benzene rings is 2. The van der Waals surface area contributed by atoms with E-state index in [0.29, 0.717) is 21.2 Å². The summed E-state index contributed by atoms with van der Waals surface area (Å²) in [6, 6.07) is 11.1. The summed E-state index contributed by atoms with van der Waals surface area (Å²) in [5.41, 5.74) is 0.871. The number of para-hydroxylation sites is 1. The Balaban J connectivity index is 2.64. The Bertz CT molecular complexity index is 655. The molecule has 0 spiro atoms. The van der Waals surface area contributed by atoms with Gasteiger partial charge in [-0.05, 0) is 24.3 Å². The van der Waals surface area contributed by atoms with Crippen molar-refractivity contribution in [2.75, 3.05) is 0 Å². The molecule has 1 aromatic heterocycles. The average molecular weight is 203 g/mol. The summed E-state index contributed by atoms with van der Waals surface area (Å²) >= 11 is 0. The molecule has 0 saturated carbocycles. The molecule has 0 N–H and O–H groups in total. The average Bonchev–Trinajstić information content (AvgIpc) is 2.54. The molecule has 2 aromatic carbocycles. The number of hydrogen-bond donors (Lipinski definition) is 0. The van der Waals surface area contributed by atoms with Gasteiger partial charge in [-0.2, -0.15) is 4.79 Å². The van der Waals surface area contributed by atoms with Crippen molar-refractivity contribution >= 4 is 21.8 Å². The molecule has 0 amide bonds. The molecule has 3 heteroatoms. The van der Waals surface area contributed by atoms with Crippen molar-refractivity contribution in [3.8, 4) is 0 Å². The minimum Gasteiger partial charge on any atom is -0.207 e. The highest BCUT2D eigenvalue weighted by atomic mass is 19.2. The maximum atomic E-state index is 13.8. The number of nitrogens with zero attached hydrogens (tertiary/aromatic N) is 1. The Kier molecular flexibility index (Phi) is 1.57. The van der Waals surface area contributed by atoms with E-state index in [-0.39, 0.29) is 5.82 Å². The molecule has 1 heterocycles. The van der Waals surface area contributed by atoms with E-state index >= 15 is 0 Å². The van der Waals surface area contributed by atoms with Gasteiger partial charge in [-0.1, -0.05) is 22.7 Å². The third kappa shape index (κ3) is 1.06. The number of aromatic nitrogens is 1. The molecule has 0 fully saturated rings. The summed E-state index contributed by atoms with van der Waals surface area (Å²) in [5, 5.41) is 1.34. The first kappa shape index (κ1) is 8.41. The van der Waals surface area contributed by atoms with Crippen LogP contribution in [0.3, 0.4) is 0 Å². The maximum absolute atomic E-state index is 13.8. The monoisotopic (exact) mass is 203 g/mol. The Morgan fingerprint density at radius 2 is 1.60 bits per heavy atom. The van der Waals surface area contributed by atoms with Gasteiger partial charge in [-0.15, -0.1) is 0 Å². The molecule has 0 radical (unpaired) electrons. The van der Waals surface area contributed by atoms with Gasteiger partial charge < -0.3 is 0 Å². The molecule has 0 aliphatic rings. The van der Waals surface area contributed by atoms with Crippen LogP contribution in [0.4, 0.5) is 8.87 Å². The van der Waals surface area contributed by atoms with Gasteiger partial charge in [0.1, 0.15) is 5.82 Å². The van der Waals surface area contributed by atoms with Crippen LogP contribution in [-0.2, 0) is 0 Å². The fourth-order valence-corrected chi connectivity index (χ4v) is 1.90. The third-order valence-electron chi connectivity index (χ3n) is 2.58. The highest BCUT2D eigenvalue weighted by Crippen LogP contribution is 2.29. The fourth-order valence-electron chi connectivity index (χ4n) is 1.90. The van der Waals surface area contributed by atoms with Crippen LogP contribution in [0.5, 0.6) is 0 Å². The summed E-state index contributed by atoms with van der Waals surface area (Å²) < 4.78 is 26.8. The zero-order chi connectivity index (χ0) is 10.4. The molecule has 0 aliphatic heterocycles. The number of halogens is 2. The standard InChI is InChI=1S/C12H7F2N/c13-8-5-6-12-10(7-8)9-3-1-2-4-11(9)15(12)14/h1-7H. The highest BCUT2D eigenvalue weighted by molar-refractivity contribution is 6.07. The van der Waals surface area contributed by atoms with Crippen LogP contribution in [0.15, 0.2) is 42.5 Å². The van der Waals surface area contributed by atoms with E-state index in [1.165, 1.54) is 18.2 Å². The first-order chi connectivity index (χ1) is 7.27. The lowest BCUT2D eigenvalue weighted by molar-refractivity contribution is 0.405. The van der Waals surface area contributed by atoms with Crippen molar-refractivity contribution in [1.29, 1.82) is 0 Å². The topological polar surface area (TPSA) is 4.93 Å². The summed E-state index contributed by atoms with van der Waals surface area (Å²) in [6.07, 6.45) is 0. The highest BCUT2D eigenvalue weighted by Gasteiger charge is 2.09. The number of hydrogen-bond acceptors (Lipinski definition) is 0. The van der Waals surface area contributed by atoms with E-state index in [4.69, 9.17) is 0 Å². The molecular formula is C12H7F2N. The molecule has 15 heavy (non-hydrogen) atoms. The molecule has 1 nitrogen and oxygen atoms in total. The van der Waals surface area contributed by atoms with Gasteiger partial charge >= 0.3 is 0 Å². The minimum atomic E-state index is -0.348. The smallest absolute Gasteiger partial charge is 0.123 e. The van der Waals surface area contributed by atoms with Crippen LogP contribution in [0.2, 0.25) is 0 Å². The second-order valence-electron chi connectivity index (χ2n) is 3.46. The van der Waals surface area contributed by atoms with E-state index in [1.54, 1.807) is 18.2 Å². The van der Waals surface area contributed by atoms with Crippen LogP contribution in [0.25, 0.3) is 21.8 Å². The van der Waals surface area contributed by atoms with Gasteiger partial charge in [-0.3, -0.25) is 0 Å². The molecular weight excluding hydrogens is 196 g/mol. The number of fused-ring (bicyclic) bond motifs is 3. The molecule has 0 unspecified atom stereocenters. The summed E-state index contributed by atoms with van der Waals surface area (Å²) in [4.78, 5) is 0.587. The Hall–Kier alpha value is -1.90. The van der Waals surface area contributed by atoms with Gasteiger partial charge in [0.15, 0.2) is 0 Å². The Morgan fingerprint density at radius 3 is 2.47 bits per heavy atom. The molecule has 3 rings (SSSR count). The van der Waals surface area contributed by atoms with Crippen molar-refractivity contribution in [3.05, 3.63) is 48.3 Å². The fraction of sp³-hybridized carbons (Fsp3) is 0. The van der Waals surface area contributed by atoms with E-state index < -0.39 is 0 Å². The molecule has 0 saturated heterocycles. The minimum absolute atomic E-state index is 0.348. The summed E-state index contributed by atoms with van der Waals surface area (Å²) in [6.45, 7) is 0. The first-order valence-electron chi connectivity index (χ1n) is 4.62. The lowest BCUT2D eigenvalue weighted by atomic mass is 10.1. The van der Waals surface area contributed by atoms with E-state index in [2.05, 4.69) is 0 Å². The summed E-state index contributed by atoms with van der Waals surface area (Å²) in [5.74, 6) is -0.348. The normalized spacial score (nSPS) is 11.3. The van der Waals surface area contributed by atoms with Crippen molar-refractivity contribution in [1.82, 2.24) is 4.79 Å². The van der Waals surface area contributed by atoms with Gasteiger partial charge in [0.05, 0.1) is 11.0 Å². The Labute approximate surface area is 84.5 Å². The summed E-state index contributed by atoms with van der Waals surface area (Å²) in [7, 11) is 0. The van der Waals surface area contributed by atoms with E-state index in [9.17, 15) is 8.87 Å². The second-order valence-corrected chi connectivity index (χ2v) is 3.46. The quantitative estimate of drug-likeness (QED) is 0.525. The molecule has 0 atom stereocenters. The van der Waals surface area contributed by atoms with E-state index in [0.717, 1.165) is 5.39 Å². The predicted octanol–water partition coefficient (Wildman–Crippen LogP) is 3.67. The van der Waals surface area contributed by atoms with Gasteiger partial charge in [0.2, 0.25) is 0 Å². The van der Waals surface area contributed by atoms with Gasteiger partial charge in [0.25, 0.3) is 0 Å². The van der Waals surface area contributed by atoms with Gasteiger partial charge in [0, 0.05) is 10.8 Å². The largest absolute Gasteiger partial charge is 0.207 e. The van der Waals surface area contributed by atoms with Crippen LogP contribution in [0.1, 0.15) is 0 Å². The van der Waals surface area contributed by atoms with Crippen LogP contribution < -0.4 is 0 Å². The zero-order valence-electron chi connectivity index (χ0n) is 7.74. The number of rotatable bonds is 0. The predicted molar refractivity (Wildman–Crippen MR) is 55.9 cm³/mol. The molecule has 74 valence electrons. The maximum Gasteiger partial charge on any atom is 0.123 e. The molecule has 0 bridgehead atoms. The molecule has 0 aliphatic carbocycles. The SMILES string of the molecule is Fc1ccc2c(c1)c1ccccc1n2F. The Morgan fingerprint density at radius 1 is 0.867 bits per heavy atom. The van der Waals surface area contributed by atoms with Crippen molar-refractivity contribution < 1.29 is 8.87 Å². The van der Waals surface area contributed by atoms with E-state index in [1.807, 2.05) is 6.07 Å². The van der Waals surface area contributed by atoms with Gasteiger partial charge in [-0.25, -0.2) is 4.39 Å². The van der Waals surface area contributed by atoms with Crippen molar-refractivity contribution in [2.45, 2.75) is 0 Å². The van der Waals surface area contributed by atoms with Crippen molar-refractivity contribution in [3.63, 3.8) is 0 Å². The van der Waals surface area contributed by atoms with Crippen molar-refractivity contribution in [2.24, 2.45) is 0 Å². The van der Waals surface area contributed by atoms with Crippen LogP contribution in [-0.4, -0.2) is 4.79 Å². The lowest BCUT2D eigenvalue weighted by Gasteiger charge is -1.91. The lowest BCUT2D eigenvalue weighted by Crippen LogP contribution is -1.80.